The van der Waals surface area contributed by atoms with Gasteiger partial charge < -0.3 is 10.1 Å². The van der Waals surface area contributed by atoms with E-state index < -0.39 is 0 Å². The summed E-state index contributed by atoms with van der Waals surface area (Å²) in [6, 6.07) is 6.45. The average Bonchev–Trinajstić information content (AvgIpc) is 3.05. The van der Waals surface area contributed by atoms with Gasteiger partial charge in [0, 0.05) is 17.5 Å². The van der Waals surface area contributed by atoms with Gasteiger partial charge in [0.05, 0.1) is 6.61 Å². The first-order valence-electron chi connectivity index (χ1n) is 6.21. The molecule has 2 heteroatoms. The smallest absolute Gasteiger partial charge is 0.124 e. The second-order valence-electron chi connectivity index (χ2n) is 5.42. The molecule has 16 heavy (non-hydrogen) atoms. The molecule has 0 spiro atoms. The molecule has 1 heterocycles. The van der Waals surface area contributed by atoms with E-state index >= 15 is 0 Å². The summed E-state index contributed by atoms with van der Waals surface area (Å²) >= 11 is 0. The van der Waals surface area contributed by atoms with E-state index in [1.54, 1.807) is 0 Å². The molecule has 1 aromatic carbocycles. The second-order valence-corrected chi connectivity index (χ2v) is 5.42. The summed E-state index contributed by atoms with van der Waals surface area (Å²) in [5, 5.41) is 3.41. The van der Waals surface area contributed by atoms with Gasteiger partial charge >= 0.3 is 0 Å². The molecule has 0 saturated heterocycles. The van der Waals surface area contributed by atoms with Gasteiger partial charge in [0.25, 0.3) is 0 Å². The van der Waals surface area contributed by atoms with Crippen molar-refractivity contribution >= 4 is 0 Å². The fraction of sp³-hybridized carbons (Fsp3) is 0.571. The van der Waals surface area contributed by atoms with E-state index in [1.165, 1.54) is 24.0 Å². The molecule has 0 unspecified atom stereocenters. The van der Waals surface area contributed by atoms with Gasteiger partial charge in [-0.15, -0.1) is 0 Å². The van der Waals surface area contributed by atoms with Crippen LogP contribution in [0.1, 0.15) is 30.9 Å². The normalized spacial score (nSPS) is 21.3. The summed E-state index contributed by atoms with van der Waals surface area (Å²) in [4.78, 5) is 0. The predicted octanol–water partition coefficient (Wildman–Crippen LogP) is 2.51. The van der Waals surface area contributed by atoms with Gasteiger partial charge in [-0.2, -0.15) is 0 Å². The van der Waals surface area contributed by atoms with Crippen molar-refractivity contribution in [2.24, 2.45) is 5.41 Å². The zero-order chi connectivity index (χ0) is 11.0. The second kappa shape index (κ2) is 3.77. The number of fused-ring (bicyclic) bond motifs is 1. The molecule has 1 N–H and O–H groups in total. The van der Waals surface area contributed by atoms with Crippen molar-refractivity contribution in [2.75, 3.05) is 13.2 Å². The molecule has 0 radical (unpaired) electrons. The highest BCUT2D eigenvalue weighted by Crippen LogP contribution is 2.45. The molecular formula is C14H19NO. The summed E-state index contributed by atoms with van der Waals surface area (Å²) < 4.78 is 5.99. The van der Waals surface area contributed by atoms with Crippen LogP contribution in [0.2, 0.25) is 0 Å². The molecule has 0 amide bonds. The molecule has 2 nitrogen and oxygen atoms in total. The Hall–Kier alpha value is -1.02. The van der Waals surface area contributed by atoms with Crippen LogP contribution in [0.15, 0.2) is 18.2 Å². The number of rotatable bonds is 3. The Morgan fingerprint density at radius 2 is 2.25 bits per heavy atom. The molecule has 86 valence electrons. The lowest BCUT2D eigenvalue weighted by molar-refractivity contribution is 0.244. The highest BCUT2D eigenvalue weighted by Gasteiger charge is 2.38. The van der Waals surface area contributed by atoms with E-state index in [9.17, 15) is 0 Å². The van der Waals surface area contributed by atoms with Crippen LogP contribution in [0.3, 0.4) is 0 Å². The molecule has 1 saturated carbocycles. The van der Waals surface area contributed by atoms with Crippen molar-refractivity contribution in [3.8, 4) is 5.75 Å². The molecule has 0 bridgehead atoms. The van der Waals surface area contributed by atoms with Crippen molar-refractivity contribution < 1.29 is 4.74 Å². The third-order valence-corrected chi connectivity index (χ3v) is 3.78. The lowest BCUT2D eigenvalue weighted by Gasteiger charge is -2.21. The van der Waals surface area contributed by atoms with Gasteiger partial charge in [0.15, 0.2) is 0 Å². The van der Waals surface area contributed by atoms with Crippen LogP contribution >= 0.6 is 0 Å². The topological polar surface area (TPSA) is 21.3 Å². The van der Waals surface area contributed by atoms with E-state index in [4.69, 9.17) is 4.74 Å². The van der Waals surface area contributed by atoms with Gasteiger partial charge in [-0.1, -0.05) is 19.1 Å². The first-order valence-corrected chi connectivity index (χ1v) is 6.21. The number of benzene rings is 1. The SMILES string of the molecule is CC1(COc2cccc3c2CNCC3)CC1. The van der Waals surface area contributed by atoms with E-state index in [0.29, 0.717) is 5.41 Å². The van der Waals surface area contributed by atoms with Crippen LogP contribution in [0.5, 0.6) is 5.75 Å². The Balaban J connectivity index is 1.78. The van der Waals surface area contributed by atoms with Crippen LogP contribution < -0.4 is 10.1 Å². The largest absolute Gasteiger partial charge is 0.493 e. The number of ether oxygens (including phenoxy) is 1. The molecule has 1 aliphatic carbocycles. The Bertz CT molecular complexity index is 396. The van der Waals surface area contributed by atoms with Crippen molar-refractivity contribution in [3.63, 3.8) is 0 Å². The minimum atomic E-state index is 0.463. The Kier molecular flexibility index (Phi) is 2.40. The van der Waals surface area contributed by atoms with Crippen molar-refractivity contribution in [1.82, 2.24) is 5.32 Å². The predicted molar refractivity (Wildman–Crippen MR) is 64.7 cm³/mol. The molecule has 1 aromatic rings. The van der Waals surface area contributed by atoms with E-state index in [0.717, 1.165) is 31.9 Å². The summed E-state index contributed by atoms with van der Waals surface area (Å²) in [5.74, 6) is 1.10. The Labute approximate surface area is 97.0 Å². The van der Waals surface area contributed by atoms with E-state index in [2.05, 4.69) is 30.4 Å². The summed E-state index contributed by atoms with van der Waals surface area (Å²) in [5.41, 5.74) is 3.29. The minimum absolute atomic E-state index is 0.463. The first-order chi connectivity index (χ1) is 7.77. The maximum absolute atomic E-state index is 5.99. The highest BCUT2D eigenvalue weighted by atomic mass is 16.5. The summed E-state index contributed by atoms with van der Waals surface area (Å²) in [7, 11) is 0. The zero-order valence-electron chi connectivity index (χ0n) is 9.88. The van der Waals surface area contributed by atoms with E-state index in [-0.39, 0.29) is 0 Å². The number of hydrogen-bond donors (Lipinski definition) is 1. The molecule has 0 atom stereocenters. The molecule has 0 aromatic heterocycles. The van der Waals surface area contributed by atoms with Crippen molar-refractivity contribution in [2.45, 2.75) is 32.7 Å². The monoisotopic (exact) mass is 217 g/mol. The van der Waals surface area contributed by atoms with Gasteiger partial charge in [-0.25, -0.2) is 0 Å². The molecular weight excluding hydrogens is 198 g/mol. The third kappa shape index (κ3) is 1.94. The lowest BCUT2D eigenvalue weighted by atomic mass is 10.0. The van der Waals surface area contributed by atoms with Crippen LogP contribution in [-0.4, -0.2) is 13.2 Å². The zero-order valence-corrected chi connectivity index (χ0v) is 9.88. The lowest BCUT2D eigenvalue weighted by Crippen LogP contribution is -2.24. The van der Waals surface area contributed by atoms with Gasteiger partial charge in [-0.3, -0.25) is 0 Å². The molecule has 1 aliphatic heterocycles. The maximum atomic E-state index is 5.99. The number of hydrogen-bond acceptors (Lipinski definition) is 2. The maximum Gasteiger partial charge on any atom is 0.124 e. The van der Waals surface area contributed by atoms with Crippen molar-refractivity contribution in [3.05, 3.63) is 29.3 Å². The molecule has 2 aliphatic rings. The van der Waals surface area contributed by atoms with Gasteiger partial charge in [0.2, 0.25) is 0 Å². The minimum Gasteiger partial charge on any atom is -0.493 e. The highest BCUT2D eigenvalue weighted by molar-refractivity contribution is 5.41. The standard InChI is InChI=1S/C14H19NO/c1-14(6-7-14)10-16-13-4-2-3-11-5-8-15-9-12(11)13/h2-4,15H,5-10H2,1H3. The Morgan fingerprint density at radius 3 is 3.06 bits per heavy atom. The number of nitrogens with one attached hydrogen (secondary N) is 1. The summed E-state index contributed by atoms with van der Waals surface area (Å²) in [6.07, 6.45) is 3.77. The fourth-order valence-electron chi connectivity index (χ4n) is 2.23. The van der Waals surface area contributed by atoms with Crippen LogP contribution in [0.4, 0.5) is 0 Å². The average molecular weight is 217 g/mol. The van der Waals surface area contributed by atoms with Crippen LogP contribution in [0, 0.1) is 5.41 Å². The van der Waals surface area contributed by atoms with E-state index in [1.807, 2.05) is 0 Å². The van der Waals surface area contributed by atoms with Crippen LogP contribution in [0.25, 0.3) is 0 Å². The first kappa shape index (κ1) is 10.2. The van der Waals surface area contributed by atoms with Crippen molar-refractivity contribution in [1.29, 1.82) is 0 Å². The molecule has 3 rings (SSSR count). The van der Waals surface area contributed by atoms with Crippen LogP contribution in [-0.2, 0) is 13.0 Å². The third-order valence-electron chi connectivity index (χ3n) is 3.78. The molecule has 1 fully saturated rings. The Morgan fingerprint density at radius 1 is 1.38 bits per heavy atom. The quantitative estimate of drug-likeness (QED) is 0.840. The summed E-state index contributed by atoms with van der Waals surface area (Å²) in [6.45, 7) is 5.24. The van der Waals surface area contributed by atoms with Gasteiger partial charge in [0.1, 0.15) is 5.75 Å². The van der Waals surface area contributed by atoms with Gasteiger partial charge in [-0.05, 0) is 37.4 Å². The fourth-order valence-corrected chi connectivity index (χ4v) is 2.23.